The first-order valence-electron chi connectivity index (χ1n) is 8.50. The Kier molecular flexibility index (Phi) is 4.50. The first-order chi connectivity index (χ1) is 12.4. The highest BCUT2D eigenvalue weighted by Gasteiger charge is 2.43. The number of ether oxygens (including phenoxy) is 1. The number of quaternary nitrogens is 1. The summed E-state index contributed by atoms with van der Waals surface area (Å²) in [4.78, 5) is 0. The van der Waals surface area contributed by atoms with Crippen molar-refractivity contribution >= 4 is 5.69 Å². The van der Waals surface area contributed by atoms with Crippen LogP contribution in [-0.2, 0) is 12.0 Å². The van der Waals surface area contributed by atoms with Crippen LogP contribution in [0.4, 0.5) is 27.6 Å². The molecule has 0 unspecified atom stereocenters. The number of hydrogen-bond donors (Lipinski definition) is 0. The third-order valence-corrected chi connectivity index (χ3v) is 4.86. The maximum absolute atomic E-state index is 14.4. The fourth-order valence-electron chi connectivity index (χ4n) is 3.53. The molecule has 2 aromatic carbocycles. The predicted octanol–water partition coefficient (Wildman–Crippen LogP) is 5.48. The van der Waals surface area contributed by atoms with E-state index in [4.69, 9.17) is 4.74 Å². The van der Waals surface area contributed by atoms with E-state index >= 15 is 0 Å². The first-order valence-corrected chi connectivity index (χ1v) is 8.50. The van der Waals surface area contributed by atoms with E-state index in [1.54, 1.807) is 0 Å². The maximum Gasteiger partial charge on any atom is 0.228 e. The van der Waals surface area contributed by atoms with Crippen LogP contribution in [-0.4, -0.2) is 13.8 Å². The number of hydrogen-bond acceptors (Lipinski definition) is 1. The molecular weight excluding hydrogens is 365 g/mol. The summed E-state index contributed by atoms with van der Waals surface area (Å²) in [5.41, 5.74) is 1.39. The lowest BCUT2D eigenvalue weighted by Gasteiger charge is -2.39. The average Bonchev–Trinajstić information content (AvgIpc) is 2.56. The van der Waals surface area contributed by atoms with Crippen LogP contribution in [0.1, 0.15) is 37.5 Å². The van der Waals surface area contributed by atoms with Crippen molar-refractivity contribution in [3.8, 4) is 5.75 Å². The van der Waals surface area contributed by atoms with E-state index in [0.29, 0.717) is 11.3 Å². The molecule has 3 rings (SSSR count). The van der Waals surface area contributed by atoms with Crippen molar-refractivity contribution < 1.29 is 26.7 Å². The normalized spacial score (nSPS) is 19.6. The highest BCUT2D eigenvalue weighted by molar-refractivity contribution is 5.53. The Hall–Kier alpha value is -2.15. The summed E-state index contributed by atoms with van der Waals surface area (Å²) in [6, 6.07) is 3.79. The lowest BCUT2D eigenvalue weighted by molar-refractivity contribution is 0.113. The van der Waals surface area contributed by atoms with Crippen LogP contribution in [0.5, 0.6) is 5.75 Å². The Labute approximate surface area is 154 Å². The second kappa shape index (κ2) is 6.19. The Balaban J connectivity index is 2.18. The Morgan fingerprint density at radius 2 is 1.41 bits per heavy atom. The van der Waals surface area contributed by atoms with Crippen molar-refractivity contribution in [1.82, 2.24) is 4.48 Å². The van der Waals surface area contributed by atoms with Gasteiger partial charge in [0.1, 0.15) is 12.3 Å². The SMILES string of the molecule is Cc1cc2c(c(C(C)(C)C)c1)OC[N@+](C)(c1c(F)c(F)c(F)c(F)c1F)C2. The summed E-state index contributed by atoms with van der Waals surface area (Å²) in [5, 5.41) is 0. The Morgan fingerprint density at radius 1 is 0.889 bits per heavy atom. The zero-order valence-electron chi connectivity index (χ0n) is 15.8. The fourth-order valence-corrected chi connectivity index (χ4v) is 3.53. The van der Waals surface area contributed by atoms with Crippen LogP contribution < -0.4 is 9.22 Å². The van der Waals surface area contributed by atoms with Gasteiger partial charge in [0.2, 0.25) is 41.5 Å². The molecule has 1 heterocycles. The first kappa shape index (κ1) is 19.6. The zero-order chi connectivity index (χ0) is 20.3. The van der Waals surface area contributed by atoms with E-state index in [9.17, 15) is 22.0 Å². The number of halogens is 5. The molecule has 2 nitrogen and oxygen atoms in total. The molecule has 1 atom stereocenters. The highest BCUT2D eigenvalue weighted by Crippen LogP contribution is 2.42. The number of benzene rings is 2. The number of aryl methyl sites for hydroxylation is 1. The quantitative estimate of drug-likeness (QED) is 0.273. The van der Waals surface area contributed by atoms with Gasteiger partial charge in [-0.1, -0.05) is 32.4 Å². The predicted molar refractivity (Wildman–Crippen MR) is 93.0 cm³/mol. The molecule has 0 saturated heterocycles. The van der Waals surface area contributed by atoms with Crippen molar-refractivity contribution in [2.45, 2.75) is 39.7 Å². The number of fused-ring (bicyclic) bond motifs is 1. The van der Waals surface area contributed by atoms with Crippen molar-refractivity contribution in [1.29, 1.82) is 0 Å². The summed E-state index contributed by atoms with van der Waals surface area (Å²) < 4.78 is 74.8. The summed E-state index contributed by atoms with van der Waals surface area (Å²) in [6.07, 6.45) is 0. The van der Waals surface area contributed by atoms with Gasteiger partial charge in [-0.05, 0) is 18.4 Å². The van der Waals surface area contributed by atoms with Gasteiger partial charge in [-0.15, -0.1) is 0 Å². The molecule has 0 N–H and O–H groups in total. The van der Waals surface area contributed by atoms with Crippen LogP contribution >= 0.6 is 0 Å². The van der Waals surface area contributed by atoms with Crippen LogP contribution in [0.3, 0.4) is 0 Å². The van der Waals surface area contributed by atoms with Gasteiger partial charge in [0, 0.05) is 11.1 Å². The molecule has 27 heavy (non-hydrogen) atoms. The van der Waals surface area contributed by atoms with Gasteiger partial charge in [0.25, 0.3) is 0 Å². The van der Waals surface area contributed by atoms with Crippen LogP contribution in [0, 0.1) is 36.0 Å². The number of nitrogens with zero attached hydrogens (tertiary/aromatic N) is 1. The molecule has 2 aromatic rings. The maximum atomic E-state index is 14.4. The Bertz CT molecular complexity index is 906. The van der Waals surface area contributed by atoms with Crippen molar-refractivity contribution in [3.63, 3.8) is 0 Å². The van der Waals surface area contributed by atoms with Gasteiger partial charge in [-0.2, -0.15) is 8.78 Å². The lowest BCUT2D eigenvalue weighted by Crippen LogP contribution is -2.51. The highest BCUT2D eigenvalue weighted by atomic mass is 19.2. The second-order valence-electron chi connectivity index (χ2n) is 8.30. The molecule has 0 aromatic heterocycles. The van der Waals surface area contributed by atoms with Crippen molar-refractivity contribution in [2.24, 2.45) is 0 Å². The minimum absolute atomic E-state index is 0.0401. The van der Waals surface area contributed by atoms with Crippen molar-refractivity contribution in [3.05, 3.63) is 57.9 Å². The van der Waals surface area contributed by atoms with Crippen LogP contribution in [0.2, 0.25) is 0 Å². The molecule has 146 valence electrons. The van der Waals surface area contributed by atoms with E-state index in [2.05, 4.69) is 0 Å². The van der Waals surface area contributed by atoms with E-state index in [1.807, 2.05) is 39.8 Å². The molecule has 0 bridgehead atoms. The van der Waals surface area contributed by atoms with E-state index in [1.165, 1.54) is 7.05 Å². The molecule has 7 heteroatoms. The van der Waals surface area contributed by atoms with E-state index in [0.717, 1.165) is 11.1 Å². The van der Waals surface area contributed by atoms with Gasteiger partial charge >= 0.3 is 0 Å². The van der Waals surface area contributed by atoms with Crippen LogP contribution in [0.25, 0.3) is 0 Å². The summed E-state index contributed by atoms with van der Waals surface area (Å²) in [6.45, 7) is 7.71. The lowest BCUT2D eigenvalue weighted by atomic mass is 9.83. The fraction of sp³-hybridized carbons (Fsp3) is 0.400. The molecule has 0 aliphatic carbocycles. The minimum Gasteiger partial charge on any atom is -0.444 e. The third-order valence-electron chi connectivity index (χ3n) is 4.86. The molecule has 0 amide bonds. The molecule has 1 aliphatic rings. The smallest absolute Gasteiger partial charge is 0.228 e. The molecule has 0 fully saturated rings. The summed E-state index contributed by atoms with van der Waals surface area (Å²) in [7, 11) is 1.39. The third kappa shape index (κ3) is 3.08. The molecular formula is C20H21F5NO+. The minimum atomic E-state index is -2.16. The topological polar surface area (TPSA) is 9.23 Å². The zero-order valence-corrected chi connectivity index (χ0v) is 15.8. The standard InChI is InChI=1S/C20H21F5NO/c1-10-6-11-8-26(5,9-27-19(11)12(7-10)20(2,3)4)18-16(24)14(22)13(21)15(23)17(18)25/h6-7H,8-9H2,1-5H3/q+1/t26-/m1/s1. The second-order valence-corrected chi connectivity index (χ2v) is 8.30. The van der Waals surface area contributed by atoms with Gasteiger partial charge in [0.15, 0.2) is 0 Å². The van der Waals surface area contributed by atoms with E-state index < -0.39 is 39.3 Å². The van der Waals surface area contributed by atoms with Crippen LogP contribution in [0.15, 0.2) is 12.1 Å². The monoisotopic (exact) mass is 386 g/mol. The molecule has 0 spiro atoms. The molecule has 1 aliphatic heterocycles. The van der Waals surface area contributed by atoms with Gasteiger partial charge in [-0.3, -0.25) is 4.48 Å². The van der Waals surface area contributed by atoms with Gasteiger partial charge in [-0.25, -0.2) is 13.2 Å². The van der Waals surface area contributed by atoms with Crippen molar-refractivity contribution in [2.75, 3.05) is 13.8 Å². The summed E-state index contributed by atoms with van der Waals surface area (Å²) in [5.74, 6) is -9.12. The average molecular weight is 386 g/mol. The Morgan fingerprint density at radius 3 is 1.93 bits per heavy atom. The number of rotatable bonds is 1. The van der Waals surface area contributed by atoms with Gasteiger partial charge in [0.05, 0.1) is 7.05 Å². The largest absolute Gasteiger partial charge is 0.444 e. The molecule has 0 radical (unpaired) electrons. The summed E-state index contributed by atoms with van der Waals surface area (Å²) >= 11 is 0. The molecule has 0 saturated carbocycles. The van der Waals surface area contributed by atoms with E-state index in [-0.39, 0.29) is 18.7 Å². The van der Waals surface area contributed by atoms with Gasteiger partial charge < -0.3 is 4.74 Å².